The van der Waals surface area contributed by atoms with Gasteiger partial charge in [0.05, 0.1) is 7.11 Å². The van der Waals surface area contributed by atoms with Crippen LogP contribution in [-0.4, -0.2) is 35.9 Å². The van der Waals surface area contributed by atoms with Crippen LogP contribution in [0.3, 0.4) is 0 Å². The maximum Gasteiger partial charge on any atom is 0.255 e. The van der Waals surface area contributed by atoms with E-state index in [0.717, 1.165) is 31.2 Å². The number of benzene rings is 3. The molecule has 1 saturated carbocycles. The molecular formula is C32H39N3O3. The number of carbonyl (C=O) groups is 2. The number of methoxy groups -OCH3 is 1. The van der Waals surface area contributed by atoms with Crippen LogP contribution in [0.5, 0.6) is 5.75 Å². The van der Waals surface area contributed by atoms with E-state index >= 15 is 0 Å². The van der Waals surface area contributed by atoms with Crippen molar-refractivity contribution in [3.8, 4) is 5.75 Å². The second-order valence-electron chi connectivity index (χ2n) is 11.2. The van der Waals surface area contributed by atoms with Gasteiger partial charge in [-0.25, -0.2) is 0 Å². The van der Waals surface area contributed by atoms with Crippen LogP contribution in [0.4, 0.5) is 5.69 Å². The first-order chi connectivity index (χ1) is 18.2. The highest BCUT2D eigenvalue weighted by atomic mass is 16.5. The first-order valence-corrected chi connectivity index (χ1v) is 13.4. The summed E-state index contributed by atoms with van der Waals surface area (Å²) in [5, 5.41) is 2.98. The molecule has 0 heterocycles. The molecule has 1 fully saturated rings. The SMILES string of the molecule is COc1ccc(C(=O)N(Cc2ccc(NC(=O)c3ccc(C(C)(C)C)cc3)cc2)C2CCCCC2N)cc1. The maximum atomic E-state index is 13.6. The summed E-state index contributed by atoms with van der Waals surface area (Å²) in [7, 11) is 1.61. The zero-order valence-corrected chi connectivity index (χ0v) is 22.9. The normalized spacial score (nSPS) is 17.5. The molecular weight excluding hydrogens is 474 g/mol. The van der Waals surface area contributed by atoms with Gasteiger partial charge in [-0.05, 0) is 77.9 Å². The zero-order valence-electron chi connectivity index (χ0n) is 22.9. The number of nitrogens with two attached hydrogens (primary N) is 1. The molecule has 0 saturated heterocycles. The van der Waals surface area contributed by atoms with Crippen LogP contribution >= 0.6 is 0 Å². The number of rotatable bonds is 7. The Hall–Kier alpha value is -3.64. The first-order valence-electron chi connectivity index (χ1n) is 13.4. The molecule has 1 aliphatic carbocycles. The van der Waals surface area contributed by atoms with Crippen molar-refractivity contribution >= 4 is 17.5 Å². The van der Waals surface area contributed by atoms with Crippen molar-refractivity contribution in [2.24, 2.45) is 5.73 Å². The van der Waals surface area contributed by atoms with Crippen LogP contribution < -0.4 is 15.8 Å². The average molecular weight is 514 g/mol. The summed E-state index contributed by atoms with van der Waals surface area (Å²) >= 11 is 0. The standard InChI is InChI=1S/C32H39N3O3/c1-32(2,3)25-15-11-23(12-16-25)30(36)34-26-17-9-22(10-18-26)21-35(29-8-6-5-7-28(29)33)31(37)24-13-19-27(38-4)20-14-24/h9-20,28-29H,5-8,21,33H2,1-4H3,(H,34,36). The predicted molar refractivity (Wildman–Crippen MR) is 153 cm³/mol. The summed E-state index contributed by atoms with van der Waals surface area (Å²) in [5.41, 5.74) is 10.6. The Balaban J connectivity index is 1.48. The summed E-state index contributed by atoms with van der Waals surface area (Å²) in [6.45, 7) is 6.90. The van der Waals surface area contributed by atoms with Crippen molar-refractivity contribution in [1.29, 1.82) is 0 Å². The summed E-state index contributed by atoms with van der Waals surface area (Å²) in [5.74, 6) is 0.527. The maximum absolute atomic E-state index is 13.6. The van der Waals surface area contributed by atoms with E-state index in [0.29, 0.717) is 29.1 Å². The molecule has 0 spiro atoms. The van der Waals surface area contributed by atoms with Crippen LogP contribution in [0.25, 0.3) is 0 Å². The minimum Gasteiger partial charge on any atom is -0.497 e. The lowest BCUT2D eigenvalue weighted by atomic mass is 9.87. The van der Waals surface area contributed by atoms with Gasteiger partial charge in [0.25, 0.3) is 11.8 Å². The molecule has 6 nitrogen and oxygen atoms in total. The first kappa shape index (κ1) is 27.4. The van der Waals surface area contributed by atoms with E-state index in [2.05, 4.69) is 26.1 Å². The number of nitrogens with one attached hydrogen (secondary N) is 1. The number of anilines is 1. The fraction of sp³-hybridized carbons (Fsp3) is 0.375. The van der Waals surface area contributed by atoms with E-state index in [9.17, 15) is 9.59 Å². The summed E-state index contributed by atoms with van der Waals surface area (Å²) in [4.78, 5) is 28.3. The smallest absolute Gasteiger partial charge is 0.255 e. The molecule has 6 heteroatoms. The van der Waals surface area contributed by atoms with Crippen molar-refractivity contribution < 1.29 is 14.3 Å². The quantitative estimate of drug-likeness (QED) is 0.396. The van der Waals surface area contributed by atoms with Gasteiger partial charge < -0.3 is 20.7 Å². The van der Waals surface area contributed by atoms with Crippen LogP contribution in [0.1, 0.15) is 78.3 Å². The number of ether oxygens (including phenoxy) is 1. The monoisotopic (exact) mass is 513 g/mol. The molecule has 3 aromatic carbocycles. The minimum absolute atomic E-state index is 0.0196. The molecule has 3 aromatic rings. The molecule has 0 bridgehead atoms. The second kappa shape index (κ2) is 11.8. The third-order valence-corrected chi connectivity index (χ3v) is 7.36. The fourth-order valence-corrected chi connectivity index (χ4v) is 4.98. The molecule has 200 valence electrons. The molecule has 0 aromatic heterocycles. The molecule has 1 aliphatic rings. The number of carbonyl (C=O) groups excluding carboxylic acids is 2. The van der Waals surface area contributed by atoms with Crippen molar-refractivity contribution in [3.05, 3.63) is 95.1 Å². The molecule has 0 aliphatic heterocycles. The Morgan fingerprint density at radius 2 is 1.50 bits per heavy atom. The van der Waals surface area contributed by atoms with Gasteiger partial charge in [0.2, 0.25) is 0 Å². The molecule has 0 radical (unpaired) electrons. The predicted octanol–water partition coefficient (Wildman–Crippen LogP) is 6.16. The van der Waals surface area contributed by atoms with E-state index < -0.39 is 0 Å². The molecule has 2 amide bonds. The van der Waals surface area contributed by atoms with Gasteiger partial charge in [-0.3, -0.25) is 9.59 Å². The Bertz CT molecular complexity index is 1230. The highest BCUT2D eigenvalue weighted by Crippen LogP contribution is 2.27. The third kappa shape index (κ3) is 6.62. The minimum atomic E-state index is -0.150. The molecule has 4 rings (SSSR count). The van der Waals surface area contributed by atoms with Crippen molar-refractivity contribution in [2.75, 3.05) is 12.4 Å². The highest BCUT2D eigenvalue weighted by molar-refractivity contribution is 6.04. The second-order valence-corrected chi connectivity index (χ2v) is 11.2. The van der Waals surface area contributed by atoms with E-state index in [1.54, 1.807) is 31.4 Å². The third-order valence-electron chi connectivity index (χ3n) is 7.36. The Morgan fingerprint density at radius 3 is 2.08 bits per heavy atom. The Kier molecular flexibility index (Phi) is 8.52. The van der Waals surface area contributed by atoms with E-state index in [1.165, 1.54) is 5.56 Å². The van der Waals surface area contributed by atoms with Crippen molar-refractivity contribution in [3.63, 3.8) is 0 Å². The highest BCUT2D eigenvalue weighted by Gasteiger charge is 2.31. The topological polar surface area (TPSA) is 84.7 Å². The number of hydrogen-bond donors (Lipinski definition) is 2. The summed E-state index contributed by atoms with van der Waals surface area (Å²) in [6.07, 6.45) is 3.96. The van der Waals surface area contributed by atoms with Gasteiger partial charge >= 0.3 is 0 Å². The molecule has 2 atom stereocenters. The molecule has 3 N–H and O–H groups in total. The van der Waals surface area contributed by atoms with Crippen molar-refractivity contribution in [2.45, 2.75) is 70.5 Å². The number of amides is 2. The zero-order chi connectivity index (χ0) is 27.3. The van der Waals surface area contributed by atoms with Gasteiger partial charge in [0.1, 0.15) is 5.75 Å². The molecule has 38 heavy (non-hydrogen) atoms. The fourth-order valence-electron chi connectivity index (χ4n) is 4.98. The van der Waals surface area contributed by atoms with Crippen LogP contribution in [-0.2, 0) is 12.0 Å². The number of nitrogens with zero attached hydrogens (tertiary/aromatic N) is 1. The summed E-state index contributed by atoms with van der Waals surface area (Å²) < 4.78 is 5.25. The van der Waals surface area contributed by atoms with E-state index in [-0.39, 0.29) is 29.3 Å². The van der Waals surface area contributed by atoms with Gasteiger partial charge in [0.15, 0.2) is 0 Å². The Morgan fingerprint density at radius 1 is 0.895 bits per heavy atom. The lowest BCUT2D eigenvalue weighted by molar-refractivity contribution is 0.0583. The summed E-state index contributed by atoms with van der Waals surface area (Å²) in [6, 6.07) is 22.6. The Labute approximate surface area is 226 Å². The molecule has 2 unspecified atom stereocenters. The van der Waals surface area contributed by atoms with Gasteiger partial charge in [-0.2, -0.15) is 0 Å². The van der Waals surface area contributed by atoms with Crippen LogP contribution in [0, 0.1) is 0 Å². The van der Waals surface area contributed by atoms with Gasteiger partial charge in [0, 0.05) is 35.4 Å². The van der Waals surface area contributed by atoms with E-state index in [4.69, 9.17) is 10.5 Å². The van der Waals surface area contributed by atoms with Gasteiger partial charge in [-0.1, -0.05) is 57.9 Å². The van der Waals surface area contributed by atoms with Crippen LogP contribution in [0.2, 0.25) is 0 Å². The lowest BCUT2D eigenvalue weighted by Crippen LogP contribution is -2.51. The largest absolute Gasteiger partial charge is 0.497 e. The van der Waals surface area contributed by atoms with Gasteiger partial charge in [-0.15, -0.1) is 0 Å². The van der Waals surface area contributed by atoms with E-state index in [1.807, 2.05) is 53.4 Å². The average Bonchev–Trinajstić information content (AvgIpc) is 2.92. The lowest BCUT2D eigenvalue weighted by Gasteiger charge is -2.38. The van der Waals surface area contributed by atoms with Crippen LogP contribution in [0.15, 0.2) is 72.8 Å². The number of hydrogen-bond acceptors (Lipinski definition) is 4. The van der Waals surface area contributed by atoms with Crippen molar-refractivity contribution in [1.82, 2.24) is 4.90 Å².